The Bertz CT molecular complexity index is 1420. The zero-order chi connectivity index (χ0) is 23.6. The summed E-state index contributed by atoms with van der Waals surface area (Å²) < 4.78 is 3.13. The second-order valence-corrected chi connectivity index (χ2v) is 7.79. The van der Waals surface area contributed by atoms with Gasteiger partial charge in [-0.15, -0.1) is 0 Å². The van der Waals surface area contributed by atoms with E-state index in [-0.39, 0.29) is 0 Å². The Labute approximate surface area is 190 Å². The van der Waals surface area contributed by atoms with Gasteiger partial charge in [-0.1, -0.05) is 18.2 Å². The van der Waals surface area contributed by atoms with Gasteiger partial charge >= 0.3 is 0 Å². The zero-order valence-corrected chi connectivity index (χ0v) is 17.9. The summed E-state index contributed by atoms with van der Waals surface area (Å²) in [6.45, 7) is 18.6. The molecular weight excluding hydrogens is 412 g/mol. The van der Waals surface area contributed by atoms with E-state index < -0.39 is 5.41 Å². The summed E-state index contributed by atoms with van der Waals surface area (Å²) in [6.07, 6.45) is 3.23. The normalized spacial score (nSPS) is 10.6. The number of hydrogen-bond donors (Lipinski definition) is 0. The predicted octanol–water partition coefficient (Wildman–Crippen LogP) is 5.23. The van der Waals surface area contributed by atoms with Gasteiger partial charge in [-0.2, -0.15) is 20.7 Å². The minimum atomic E-state index is -0.869. The summed E-state index contributed by atoms with van der Waals surface area (Å²) in [6, 6.07) is 18.2. The van der Waals surface area contributed by atoms with Crippen LogP contribution in [0.1, 0.15) is 36.4 Å². The van der Waals surface area contributed by atoms with Crippen molar-refractivity contribution in [1.29, 1.82) is 10.5 Å². The van der Waals surface area contributed by atoms with Crippen LogP contribution in [0.2, 0.25) is 0 Å². The van der Waals surface area contributed by atoms with Crippen LogP contribution in [0, 0.1) is 35.8 Å². The molecule has 0 aliphatic heterocycles. The van der Waals surface area contributed by atoms with Crippen molar-refractivity contribution in [2.75, 3.05) is 0 Å². The van der Waals surface area contributed by atoms with Gasteiger partial charge in [0.2, 0.25) is 5.69 Å². The smallest absolute Gasteiger partial charge is 0.228 e. The number of hydrogen-bond acceptors (Lipinski definition) is 4. The van der Waals surface area contributed by atoms with Gasteiger partial charge < -0.3 is 0 Å². The fourth-order valence-electron chi connectivity index (χ4n) is 3.61. The summed E-state index contributed by atoms with van der Waals surface area (Å²) in [5.41, 5.74) is 3.02. The topological polar surface area (TPSA) is 91.9 Å². The molecule has 8 nitrogen and oxygen atoms in total. The molecule has 156 valence electrons. The maximum absolute atomic E-state index is 9.79. The summed E-state index contributed by atoms with van der Waals surface area (Å²) in [5.74, 6) is 0. The number of aromatic nitrogens is 4. The molecule has 0 bridgehead atoms. The van der Waals surface area contributed by atoms with Gasteiger partial charge in [-0.3, -0.25) is 4.68 Å². The molecule has 2 heterocycles. The van der Waals surface area contributed by atoms with Crippen molar-refractivity contribution < 1.29 is 0 Å². The molecule has 4 aromatic rings. The second kappa shape index (κ2) is 8.16. The average molecular weight is 428 g/mol. The Balaban J connectivity index is 1.84. The van der Waals surface area contributed by atoms with Gasteiger partial charge in [0.05, 0.1) is 53.1 Å². The quantitative estimate of drug-likeness (QED) is 0.416. The van der Waals surface area contributed by atoms with Crippen LogP contribution < -0.4 is 0 Å². The lowest BCUT2D eigenvalue weighted by Crippen LogP contribution is -2.22. The number of rotatable bonds is 4. The SMILES string of the molecule is [C-]#[N+]c1cccc(-n2cc([N+]#[C-])c(C(C)(C)c3nn(-c4cccc(C#N)c4)cc3C#N)n2)c1. The lowest BCUT2D eigenvalue weighted by Gasteiger charge is -2.21. The molecule has 0 aliphatic rings. The number of benzene rings is 2. The molecule has 0 saturated heterocycles. The van der Waals surface area contributed by atoms with Gasteiger partial charge in [-0.25, -0.2) is 14.4 Å². The van der Waals surface area contributed by atoms with Crippen LogP contribution in [-0.4, -0.2) is 19.6 Å². The molecule has 0 radical (unpaired) electrons. The molecule has 0 aliphatic carbocycles. The van der Waals surface area contributed by atoms with Crippen molar-refractivity contribution in [3.63, 3.8) is 0 Å². The monoisotopic (exact) mass is 428 g/mol. The molecule has 0 spiro atoms. The number of nitriles is 2. The number of nitrogens with zero attached hydrogens (tertiary/aromatic N) is 8. The highest BCUT2D eigenvalue weighted by Crippen LogP contribution is 2.38. The fourth-order valence-corrected chi connectivity index (χ4v) is 3.61. The molecule has 8 heteroatoms. The Morgan fingerprint density at radius 3 is 2.18 bits per heavy atom. The molecule has 0 fully saturated rings. The van der Waals surface area contributed by atoms with Crippen molar-refractivity contribution in [1.82, 2.24) is 19.6 Å². The molecular formula is C25H16N8. The van der Waals surface area contributed by atoms with Crippen LogP contribution in [0.5, 0.6) is 0 Å². The third kappa shape index (κ3) is 3.70. The van der Waals surface area contributed by atoms with Crippen molar-refractivity contribution in [2.45, 2.75) is 19.3 Å². The second-order valence-electron chi connectivity index (χ2n) is 7.79. The van der Waals surface area contributed by atoms with E-state index in [9.17, 15) is 10.5 Å². The Hall–Kier alpha value is -5.18. The Morgan fingerprint density at radius 2 is 1.52 bits per heavy atom. The van der Waals surface area contributed by atoms with Crippen LogP contribution in [-0.2, 0) is 5.41 Å². The van der Waals surface area contributed by atoms with Crippen LogP contribution >= 0.6 is 0 Å². The molecule has 0 saturated carbocycles. The molecule has 0 unspecified atom stereocenters. The first-order valence-corrected chi connectivity index (χ1v) is 9.87. The minimum absolute atomic E-state index is 0.332. The lowest BCUT2D eigenvalue weighted by atomic mass is 9.83. The van der Waals surface area contributed by atoms with Gasteiger partial charge in [0, 0.05) is 17.8 Å². The first-order valence-electron chi connectivity index (χ1n) is 9.87. The van der Waals surface area contributed by atoms with Crippen LogP contribution in [0.3, 0.4) is 0 Å². The van der Waals surface area contributed by atoms with E-state index in [1.807, 2.05) is 19.9 Å². The molecule has 33 heavy (non-hydrogen) atoms. The van der Waals surface area contributed by atoms with E-state index in [4.69, 9.17) is 13.1 Å². The van der Waals surface area contributed by atoms with E-state index in [0.717, 1.165) is 0 Å². The van der Waals surface area contributed by atoms with Crippen molar-refractivity contribution in [3.8, 4) is 23.5 Å². The predicted molar refractivity (Wildman–Crippen MR) is 121 cm³/mol. The van der Waals surface area contributed by atoms with Gasteiger partial charge in [0.1, 0.15) is 6.07 Å². The van der Waals surface area contributed by atoms with E-state index in [1.165, 1.54) is 0 Å². The van der Waals surface area contributed by atoms with Crippen LogP contribution in [0.25, 0.3) is 21.1 Å². The van der Waals surface area contributed by atoms with Crippen molar-refractivity contribution in [2.24, 2.45) is 0 Å². The summed E-state index contributed by atoms with van der Waals surface area (Å²) in [4.78, 5) is 7.10. The molecule has 0 N–H and O–H groups in total. The van der Waals surface area contributed by atoms with E-state index >= 15 is 0 Å². The molecule has 2 aromatic heterocycles. The molecule has 4 rings (SSSR count). The summed E-state index contributed by atoms with van der Waals surface area (Å²) in [5, 5.41) is 28.3. The van der Waals surface area contributed by atoms with E-state index in [2.05, 4.69) is 32.0 Å². The average Bonchev–Trinajstić information content (AvgIpc) is 3.49. The minimum Gasteiger partial charge on any atom is -0.254 e. The van der Waals surface area contributed by atoms with Crippen LogP contribution in [0.4, 0.5) is 11.4 Å². The third-order valence-electron chi connectivity index (χ3n) is 5.30. The maximum atomic E-state index is 9.79. The zero-order valence-electron chi connectivity index (χ0n) is 17.9. The molecule has 0 amide bonds. The third-order valence-corrected chi connectivity index (χ3v) is 5.30. The first-order chi connectivity index (χ1) is 15.9. The van der Waals surface area contributed by atoms with Crippen molar-refractivity contribution >= 4 is 11.4 Å². The highest BCUT2D eigenvalue weighted by atomic mass is 15.3. The Kier molecular flexibility index (Phi) is 5.21. The first kappa shape index (κ1) is 21.1. The maximum Gasteiger partial charge on any atom is 0.228 e. The Morgan fingerprint density at radius 1 is 0.848 bits per heavy atom. The fraction of sp³-hybridized carbons (Fsp3) is 0.120. The van der Waals surface area contributed by atoms with Gasteiger partial charge in [0.15, 0.2) is 5.69 Å². The molecule has 2 aromatic carbocycles. The summed E-state index contributed by atoms with van der Waals surface area (Å²) in [7, 11) is 0. The standard InChI is InChI=1S/C25H16N8/c1-25(2,23-18(14-27)15-32(30-23)20-9-5-7-17(11-20)13-26)24-22(29-4)16-33(31-24)21-10-6-8-19(12-21)28-3/h5-12,15-16H,1-2H3. The van der Waals surface area contributed by atoms with Crippen LogP contribution in [0.15, 0.2) is 60.9 Å². The van der Waals surface area contributed by atoms with E-state index in [0.29, 0.717) is 45.3 Å². The van der Waals surface area contributed by atoms with Gasteiger partial charge in [-0.05, 0) is 44.2 Å². The molecule has 0 atom stereocenters. The highest BCUT2D eigenvalue weighted by molar-refractivity contribution is 5.58. The summed E-state index contributed by atoms with van der Waals surface area (Å²) >= 11 is 0. The van der Waals surface area contributed by atoms with Crippen molar-refractivity contribution in [3.05, 3.63) is 106 Å². The highest BCUT2D eigenvalue weighted by Gasteiger charge is 2.35. The largest absolute Gasteiger partial charge is 0.254 e. The van der Waals surface area contributed by atoms with Gasteiger partial charge in [0.25, 0.3) is 0 Å². The van der Waals surface area contributed by atoms with E-state index in [1.54, 1.807) is 64.2 Å². The lowest BCUT2D eigenvalue weighted by molar-refractivity contribution is 0.577.